The molecule has 0 aliphatic rings. The highest BCUT2D eigenvalue weighted by Crippen LogP contribution is 2.14. The highest BCUT2D eigenvalue weighted by atomic mass is 16.6. The van der Waals surface area contributed by atoms with Crippen LogP contribution in [0.1, 0.15) is 265 Å². The van der Waals surface area contributed by atoms with Gasteiger partial charge in [-0.05, 0) is 161 Å². The van der Waals surface area contributed by atoms with Crippen LogP contribution in [0.5, 0.6) is 0 Å². The van der Waals surface area contributed by atoms with Crippen LogP contribution < -0.4 is 0 Å². The molecule has 1 atom stereocenters. The summed E-state index contributed by atoms with van der Waals surface area (Å²) >= 11 is 0. The van der Waals surface area contributed by atoms with Gasteiger partial charge in [-0.25, -0.2) is 0 Å². The standard InChI is InChI=1S/C77H120O6/c1-4-7-10-13-16-19-22-25-27-29-31-32-33-34-35-36-37-38-39-40-41-42-43-44-46-47-49-52-55-58-61-64-67-70-76(79)82-73-74(72-81-75(78)69-66-63-60-57-54-51-24-21-18-15-12-9-6-3)83-77(80)71-68-65-62-59-56-53-50-48-45-30-28-26-23-20-17-14-11-8-5-2/h7,9-10,12,16-21,25-28,31-32,34-35,37-38,40-41,43-44,47,49,51,54-55,58,74H,4-6,8,11,13-15,22-24,29-30,33,36,39,42,45-46,48,50,52-53,56-57,59-73H2,1-3H3/b10-7-,12-9-,19-16-,20-17-,21-18-,27-25-,28-26-,32-31-,35-34-,38-37-,41-40-,44-43-,49-47-,54-51-,58-55-. The Morgan fingerprint density at radius 2 is 0.470 bits per heavy atom. The van der Waals surface area contributed by atoms with Crippen LogP contribution in [0.4, 0.5) is 0 Å². The third kappa shape index (κ3) is 67.2. The first-order chi connectivity index (χ1) is 41.0. The van der Waals surface area contributed by atoms with E-state index in [-0.39, 0.29) is 37.5 Å². The summed E-state index contributed by atoms with van der Waals surface area (Å²) in [6, 6.07) is 0. The van der Waals surface area contributed by atoms with E-state index in [2.05, 4.69) is 203 Å². The highest BCUT2D eigenvalue weighted by molar-refractivity contribution is 5.71. The first kappa shape index (κ1) is 77.5. The van der Waals surface area contributed by atoms with Crippen LogP contribution in [-0.4, -0.2) is 37.2 Å². The van der Waals surface area contributed by atoms with Crippen LogP contribution in [0, 0.1) is 0 Å². The van der Waals surface area contributed by atoms with E-state index in [9.17, 15) is 14.4 Å². The summed E-state index contributed by atoms with van der Waals surface area (Å²) in [4.78, 5) is 38.3. The third-order valence-corrected chi connectivity index (χ3v) is 13.4. The molecule has 0 heterocycles. The summed E-state index contributed by atoms with van der Waals surface area (Å²) in [7, 11) is 0. The molecule has 0 aliphatic carbocycles. The molecule has 6 heteroatoms. The Morgan fingerprint density at radius 1 is 0.253 bits per heavy atom. The molecular formula is C77H120O6. The Kier molecular flexibility index (Phi) is 64.4. The number of carbonyl (C=O) groups excluding carboxylic acids is 3. The molecule has 0 aromatic carbocycles. The topological polar surface area (TPSA) is 78.9 Å². The van der Waals surface area contributed by atoms with Gasteiger partial charge in [0, 0.05) is 19.3 Å². The van der Waals surface area contributed by atoms with Crippen molar-refractivity contribution in [2.75, 3.05) is 13.2 Å². The number of hydrogen-bond acceptors (Lipinski definition) is 6. The fourth-order valence-corrected chi connectivity index (χ4v) is 8.46. The van der Waals surface area contributed by atoms with Gasteiger partial charge >= 0.3 is 17.9 Å². The number of esters is 3. The summed E-state index contributed by atoms with van der Waals surface area (Å²) in [5.41, 5.74) is 0. The van der Waals surface area contributed by atoms with Crippen molar-refractivity contribution in [3.8, 4) is 0 Å². The van der Waals surface area contributed by atoms with Gasteiger partial charge < -0.3 is 14.2 Å². The van der Waals surface area contributed by atoms with Gasteiger partial charge in [0.25, 0.3) is 0 Å². The zero-order valence-corrected chi connectivity index (χ0v) is 53.1. The summed E-state index contributed by atoms with van der Waals surface area (Å²) in [6.07, 6.45) is 103. The molecule has 0 aliphatic heterocycles. The lowest BCUT2D eigenvalue weighted by Crippen LogP contribution is -2.30. The van der Waals surface area contributed by atoms with Gasteiger partial charge in [-0.2, -0.15) is 0 Å². The van der Waals surface area contributed by atoms with Gasteiger partial charge in [-0.1, -0.05) is 267 Å². The molecule has 1 unspecified atom stereocenters. The lowest BCUT2D eigenvalue weighted by atomic mass is 10.1. The van der Waals surface area contributed by atoms with E-state index in [1.54, 1.807) is 0 Å². The molecule has 6 nitrogen and oxygen atoms in total. The van der Waals surface area contributed by atoms with Crippen molar-refractivity contribution in [2.24, 2.45) is 0 Å². The summed E-state index contributed by atoms with van der Waals surface area (Å²) < 4.78 is 16.9. The molecular weight excluding hydrogens is 1020 g/mol. The molecule has 0 rings (SSSR count). The highest BCUT2D eigenvalue weighted by Gasteiger charge is 2.19. The molecule has 0 saturated carbocycles. The zero-order valence-electron chi connectivity index (χ0n) is 53.1. The Morgan fingerprint density at radius 3 is 0.771 bits per heavy atom. The fourth-order valence-electron chi connectivity index (χ4n) is 8.46. The Balaban J connectivity index is 4.43. The normalized spacial score (nSPS) is 13.3. The molecule has 0 saturated heterocycles. The van der Waals surface area contributed by atoms with Crippen LogP contribution in [0.3, 0.4) is 0 Å². The first-order valence-electron chi connectivity index (χ1n) is 33.3. The second kappa shape index (κ2) is 69.0. The number of unbranched alkanes of at least 4 members (excludes halogenated alkanes) is 17. The molecule has 0 fully saturated rings. The van der Waals surface area contributed by atoms with E-state index >= 15 is 0 Å². The number of rotatable bonds is 58. The zero-order chi connectivity index (χ0) is 59.9. The minimum atomic E-state index is -0.821. The molecule has 0 spiro atoms. The quantitative estimate of drug-likeness (QED) is 0.0261. The Labute approximate surface area is 510 Å². The van der Waals surface area contributed by atoms with Crippen molar-refractivity contribution in [1.82, 2.24) is 0 Å². The van der Waals surface area contributed by atoms with Gasteiger partial charge in [0.2, 0.25) is 0 Å². The predicted molar refractivity (Wildman–Crippen MR) is 361 cm³/mol. The fraction of sp³-hybridized carbons (Fsp3) is 0.571. The lowest BCUT2D eigenvalue weighted by molar-refractivity contribution is -0.167. The lowest BCUT2D eigenvalue weighted by Gasteiger charge is -2.18. The molecule has 0 radical (unpaired) electrons. The van der Waals surface area contributed by atoms with Crippen molar-refractivity contribution >= 4 is 17.9 Å². The molecule has 0 amide bonds. The number of allylic oxidation sites excluding steroid dienone is 30. The summed E-state index contributed by atoms with van der Waals surface area (Å²) in [5.74, 6) is -0.998. The third-order valence-electron chi connectivity index (χ3n) is 13.4. The summed E-state index contributed by atoms with van der Waals surface area (Å²) in [6.45, 7) is 6.31. The van der Waals surface area contributed by atoms with E-state index in [0.29, 0.717) is 19.3 Å². The van der Waals surface area contributed by atoms with Crippen LogP contribution in [-0.2, 0) is 28.6 Å². The van der Waals surface area contributed by atoms with Gasteiger partial charge in [0.15, 0.2) is 6.10 Å². The average molecular weight is 1140 g/mol. The first-order valence-corrected chi connectivity index (χ1v) is 33.3. The maximum atomic E-state index is 12.9. The van der Waals surface area contributed by atoms with Crippen LogP contribution in [0.25, 0.3) is 0 Å². The predicted octanol–water partition coefficient (Wildman–Crippen LogP) is 23.2. The Bertz CT molecular complexity index is 1940. The minimum absolute atomic E-state index is 0.117. The SMILES string of the molecule is CC/C=C\C/C=C\C/C=C\C/C=C\C/C=C\C/C=C\C/C=C\C/C=C\C/C=C\C/C=C\CCCCC(=O)OCC(COC(=O)CCCCC/C=C\C/C=C\C/C=C\CC)OC(=O)CCCCCCCCCCC/C=C\C/C=C\CCCCC. The molecule has 464 valence electrons. The van der Waals surface area contributed by atoms with Crippen molar-refractivity contribution in [1.29, 1.82) is 0 Å². The van der Waals surface area contributed by atoms with Crippen molar-refractivity contribution < 1.29 is 28.6 Å². The van der Waals surface area contributed by atoms with Crippen LogP contribution in [0.2, 0.25) is 0 Å². The molecule has 0 aromatic rings. The molecule has 0 bridgehead atoms. The van der Waals surface area contributed by atoms with Crippen molar-refractivity contribution in [3.05, 3.63) is 182 Å². The van der Waals surface area contributed by atoms with E-state index in [4.69, 9.17) is 14.2 Å². The minimum Gasteiger partial charge on any atom is -0.462 e. The second-order valence-electron chi connectivity index (χ2n) is 21.3. The van der Waals surface area contributed by atoms with Crippen LogP contribution >= 0.6 is 0 Å². The largest absolute Gasteiger partial charge is 0.462 e. The van der Waals surface area contributed by atoms with E-state index in [1.165, 1.54) is 70.6 Å². The average Bonchev–Trinajstić information content (AvgIpc) is 3.49. The van der Waals surface area contributed by atoms with E-state index in [0.717, 1.165) is 148 Å². The summed E-state index contributed by atoms with van der Waals surface area (Å²) in [5, 5.41) is 0. The van der Waals surface area contributed by atoms with Gasteiger partial charge in [-0.3, -0.25) is 14.4 Å². The van der Waals surface area contributed by atoms with E-state index < -0.39 is 6.10 Å². The number of ether oxygens (including phenoxy) is 3. The molecule has 0 aromatic heterocycles. The Hall–Kier alpha value is -5.49. The van der Waals surface area contributed by atoms with Crippen LogP contribution in [0.15, 0.2) is 182 Å². The maximum Gasteiger partial charge on any atom is 0.306 e. The number of carbonyl (C=O) groups is 3. The second-order valence-corrected chi connectivity index (χ2v) is 21.3. The van der Waals surface area contributed by atoms with Crippen molar-refractivity contribution in [3.63, 3.8) is 0 Å². The van der Waals surface area contributed by atoms with E-state index in [1.807, 2.05) is 0 Å². The maximum absolute atomic E-state index is 12.9. The van der Waals surface area contributed by atoms with Gasteiger partial charge in [0.05, 0.1) is 0 Å². The van der Waals surface area contributed by atoms with Crippen molar-refractivity contribution in [2.45, 2.75) is 271 Å². The number of hydrogen-bond donors (Lipinski definition) is 0. The molecule has 0 N–H and O–H groups in total. The monoisotopic (exact) mass is 1140 g/mol. The smallest absolute Gasteiger partial charge is 0.306 e. The molecule has 83 heavy (non-hydrogen) atoms. The van der Waals surface area contributed by atoms with Gasteiger partial charge in [-0.15, -0.1) is 0 Å². The van der Waals surface area contributed by atoms with Gasteiger partial charge in [0.1, 0.15) is 13.2 Å².